The quantitative estimate of drug-likeness (QED) is 0.233. The monoisotopic (exact) mass is 580 g/mol. The van der Waals surface area contributed by atoms with Gasteiger partial charge in [0.15, 0.2) is 0 Å². The summed E-state index contributed by atoms with van der Waals surface area (Å²) in [6.45, 7) is 1.08. The zero-order valence-corrected chi connectivity index (χ0v) is 21.5. The van der Waals surface area contributed by atoms with Gasteiger partial charge < -0.3 is 15.2 Å². The Bertz CT molecular complexity index is 1590. The molecule has 0 unspecified atom stereocenters. The molecule has 0 spiro atoms. The van der Waals surface area contributed by atoms with E-state index in [1.54, 1.807) is 72.9 Å². The summed E-state index contributed by atoms with van der Waals surface area (Å²) < 4.78 is 8.03. The summed E-state index contributed by atoms with van der Waals surface area (Å²) in [5, 5.41) is 20.1. The van der Waals surface area contributed by atoms with Crippen LogP contribution in [0.1, 0.15) is 12.5 Å². The second kappa shape index (κ2) is 12.5. The van der Waals surface area contributed by atoms with Gasteiger partial charge in [0.25, 0.3) is 17.4 Å². The maximum absolute atomic E-state index is 13.2. The maximum atomic E-state index is 13.2. The Morgan fingerprint density at radius 3 is 2.51 bits per heavy atom. The molecule has 4 rings (SSSR count). The summed E-state index contributed by atoms with van der Waals surface area (Å²) >= 11 is 9.31. The molecule has 0 aliphatic rings. The van der Waals surface area contributed by atoms with Crippen LogP contribution in [0.3, 0.4) is 0 Å². The number of carbonyl (C=O) groups excluding carboxylic acids is 1. The summed E-state index contributed by atoms with van der Waals surface area (Å²) in [5.41, 5.74) is -0.0668. The predicted octanol–water partition coefficient (Wildman–Crippen LogP) is 5.54. The van der Waals surface area contributed by atoms with Gasteiger partial charge in [-0.25, -0.2) is 0 Å². The number of pyridine rings is 1. The van der Waals surface area contributed by atoms with E-state index in [-0.39, 0.29) is 17.0 Å². The molecule has 0 aliphatic carbocycles. The molecule has 0 saturated heterocycles. The van der Waals surface area contributed by atoms with Crippen LogP contribution in [0.2, 0.25) is 5.02 Å². The summed E-state index contributed by atoms with van der Waals surface area (Å²) in [6.07, 6.45) is 2.71. The first-order valence-corrected chi connectivity index (χ1v) is 11.7. The molecule has 37 heavy (non-hydrogen) atoms. The number of hydrogen-bond donors (Lipinski definition) is 2. The molecule has 0 atom stereocenters. The molecule has 2 aromatic carbocycles. The molecular formula is C26H18BrClN4O5. The number of nitrogens with zero attached hydrogens (tertiary/aromatic N) is 3. The Labute approximate surface area is 224 Å². The number of carboxylic acids is 1. The van der Waals surface area contributed by atoms with Gasteiger partial charge in [-0.3, -0.25) is 18.8 Å². The lowest BCUT2D eigenvalue weighted by Gasteiger charge is -2.10. The van der Waals surface area contributed by atoms with Gasteiger partial charge >= 0.3 is 0 Å². The number of rotatable bonds is 5. The van der Waals surface area contributed by atoms with Gasteiger partial charge in [-0.05, 0) is 60.7 Å². The highest BCUT2D eigenvalue weighted by molar-refractivity contribution is 9.10. The molecule has 4 aromatic rings. The third-order valence-electron chi connectivity index (χ3n) is 4.50. The van der Waals surface area contributed by atoms with Crippen molar-refractivity contribution >= 4 is 56.8 Å². The first-order chi connectivity index (χ1) is 17.7. The fraction of sp³-hybridized carbons (Fsp3) is 0.0385. The number of ether oxygens (including phenoxy) is 1. The minimum absolute atomic E-state index is 0.0307. The third-order valence-corrected chi connectivity index (χ3v) is 5.26. The normalized spacial score (nSPS) is 10.6. The molecule has 2 aromatic heterocycles. The van der Waals surface area contributed by atoms with Gasteiger partial charge in [0.05, 0.1) is 0 Å². The number of fused-ring (bicyclic) bond motifs is 1. The minimum Gasteiger partial charge on any atom is -0.481 e. The fourth-order valence-corrected chi connectivity index (χ4v) is 3.41. The van der Waals surface area contributed by atoms with Crippen LogP contribution in [0.4, 0.5) is 5.69 Å². The number of aliphatic carboxylic acids is 1. The van der Waals surface area contributed by atoms with Crippen LogP contribution in [0.5, 0.6) is 11.6 Å². The van der Waals surface area contributed by atoms with Crippen molar-refractivity contribution in [1.82, 2.24) is 9.38 Å². The fourth-order valence-electron chi connectivity index (χ4n) is 2.96. The number of aromatic nitrogens is 2. The lowest BCUT2D eigenvalue weighted by molar-refractivity contribution is -0.134. The first kappa shape index (κ1) is 27.1. The molecule has 1 amide bonds. The zero-order valence-electron chi connectivity index (χ0n) is 19.2. The van der Waals surface area contributed by atoms with Gasteiger partial charge in [-0.2, -0.15) is 10.2 Å². The van der Waals surface area contributed by atoms with Gasteiger partial charge in [-0.15, -0.1) is 0 Å². The van der Waals surface area contributed by atoms with Crippen molar-refractivity contribution in [3.05, 3.63) is 104 Å². The van der Waals surface area contributed by atoms with E-state index in [0.717, 1.165) is 11.4 Å². The number of benzene rings is 2. The van der Waals surface area contributed by atoms with Crippen molar-refractivity contribution in [3.63, 3.8) is 0 Å². The molecule has 0 aliphatic heterocycles. The van der Waals surface area contributed by atoms with E-state index in [4.69, 9.17) is 26.2 Å². The van der Waals surface area contributed by atoms with E-state index in [9.17, 15) is 14.9 Å². The number of carbonyl (C=O) groups is 2. The number of nitriles is 1. The van der Waals surface area contributed by atoms with Crippen LogP contribution in [0.25, 0.3) is 11.7 Å². The second-order valence-corrected chi connectivity index (χ2v) is 8.63. The smallest absolute Gasteiger partial charge is 0.300 e. The van der Waals surface area contributed by atoms with Crippen molar-refractivity contribution in [2.24, 2.45) is 0 Å². The average Bonchev–Trinajstić information content (AvgIpc) is 2.85. The molecule has 186 valence electrons. The molecule has 9 nitrogen and oxygen atoms in total. The van der Waals surface area contributed by atoms with Crippen molar-refractivity contribution in [3.8, 4) is 17.7 Å². The molecule has 2 N–H and O–H groups in total. The van der Waals surface area contributed by atoms with Crippen LogP contribution in [0.15, 0.2) is 87.8 Å². The van der Waals surface area contributed by atoms with Crippen LogP contribution in [-0.4, -0.2) is 26.4 Å². The van der Waals surface area contributed by atoms with Crippen LogP contribution < -0.4 is 15.6 Å². The lowest BCUT2D eigenvalue weighted by Crippen LogP contribution is -2.20. The molecule has 0 fully saturated rings. The van der Waals surface area contributed by atoms with Crippen LogP contribution >= 0.6 is 27.5 Å². The highest BCUT2D eigenvalue weighted by Gasteiger charge is 2.17. The third kappa shape index (κ3) is 7.51. The van der Waals surface area contributed by atoms with E-state index >= 15 is 0 Å². The molecule has 2 heterocycles. The van der Waals surface area contributed by atoms with Crippen LogP contribution in [0, 0.1) is 11.3 Å². The Hall–Kier alpha value is -4.46. The maximum Gasteiger partial charge on any atom is 0.300 e. The zero-order chi connectivity index (χ0) is 26.9. The van der Waals surface area contributed by atoms with Crippen molar-refractivity contribution in [1.29, 1.82) is 5.26 Å². The van der Waals surface area contributed by atoms with E-state index in [0.29, 0.717) is 22.1 Å². The summed E-state index contributed by atoms with van der Waals surface area (Å²) in [4.78, 5) is 39.3. The number of hydrogen-bond acceptors (Lipinski definition) is 6. The number of nitrogens with one attached hydrogen (secondary N) is 1. The van der Waals surface area contributed by atoms with Gasteiger partial charge in [0.2, 0.25) is 5.88 Å². The summed E-state index contributed by atoms with van der Waals surface area (Å²) in [6, 6.07) is 20.3. The largest absolute Gasteiger partial charge is 0.481 e. The SMILES string of the molecule is CC(=O)O.N#CC(=Cc1c(Oc2ccc(Br)cc2)nc2ccccn2c1=O)C(=O)Nc1cccc(Cl)c1. The summed E-state index contributed by atoms with van der Waals surface area (Å²) in [5.74, 6) is -1.13. The standard InChI is InChI=1S/C24H14BrClN4O3.C2H4O2/c25-16-7-9-19(10-8-16)33-23-20(24(32)30-11-2-1-6-21(30)29-23)12-15(14-27)22(31)28-18-5-3-4-17(26)13-18;1-2(3)4/h1-13H,(H,28,31);1H3,(H,3,4). The Balaban J connectivity index is 0.000000886. The lowest BCUT2D eigenvalue weighted by atomic mass is 10.1. The van der Waals surface area contributed by atoms with Gasteiger partial charge in [0, 0.05) is 28.3 Å². The van der Waals surface area contributed by atoms with Gasteiger partial charge in [0.1, 0.15) is 28.6 Å². The van der Waals surface area contributed by atoms with Crippen LogP contribution in [-0.2, 0) is 9.59 Å². The van der Waals surface area contributed by atoms with Gasteiger partial charge in [-0.1, -0.05) is 39.7 Å². The van der Waals surface area contributed by atoms with E-state index in [2.05, 4.69) is 26.2 Å². The highest BCUT2D eigenvalue weighted by Crippen LogP contribution is 2.25. The van der Waals surface area contributed by atoms with Crippen molar-refractivity contribution in [2.75, 3.05) is 5.32 Å². The predicted molar refractivity (Wildman–Crippen MR) is 143 cm³/mol. The second-order valence-electron chi connectivity index (χ2n) is 7.27. The van der Waals surface area contributed by atoms with Crippen molar-refractivity contribution < 1.29 is 19.4 Å². The molecule has 0 radical (unpaired) electrons. The van der Waals surface area contributed by atoms with E-state index in [1.165, 1.54) is 10.5 Å². The molecule has 0 bridgehead atoms. The van der Waals surface area contributed by atoms with Crippen molar-refractivity contribution in [2.45, 2.75) is 6.92 Å². The number of halogens is 2. The molecule has 0 saturated carbocycles. The highest BCUT2D eigenvalue weighted by atomic mass is 79.9. The summed E-state index contributed by atoms with van der Waals surface area (Å²) in [7, 11) is 0. The number of anilines is 1. The average molecular weight is 582 g/mol. The molecule has 11 heteroatoms. The number of carboxylic acid groups (broad SMARTS) is 1. The molecular weight excluding hydrogens is 564 g/mol. The van der Waals surface area contributed by atoms with E-state index < -0.39 is 17.4 Å². The van der Waals surface area contributed by atoms with E-state index in [1.807, 2.05) is 6.07 Å². The Kier molecular flexibility index (Phi) is 9.16. The Morgan fingerprint density at radius 1 is 1.16 bits per heavy atom. The minimum atomic E-state index is -0.833. The Morgan fingerprint density at radius 2 is 1.86 bits per heavy atom. The number of amides is 1. The topological polar surface area (TPSA) is 134 Å². The first-order valence-electron chi connectivity index (χ1n) is 10.5.